The molecule has 0 saturated heterocycles. The van der Waals surface area contributed by atoms with Crippen LogP contribution in [0.4, 0.5) is 19.0 Å². The van der Waals surface area contributed by atoms with Gasteiger partial charge in [-0.3, -0.25) is 0 Å². The summed E-state index contributed by atoms with van der Waals surface area (Å²) < 4.78 is 45.0. The predicted octanol–water partition coefficient (Wildman–Crippen LogP) is 5.06. The van der Waals surface area contributed by atoms with Gasteiger partial charge in [0.1, 0.15) is 28.9 Å². The molecule has 5 nitrogen and oxygen atoms in total. The summed E-state index contributed by atoms with van der Waals surface area (Å²) in [6.07, 6.45) is -4.63. The van der Waals surface area contributed by atoms with Gasteiger partial charge >= 0.3 is 6.18 Å². The van der Waals surface area contributed by atoms with Gasteiger partial charge in [0.2, 0.25) is 0 Å². The van der Waals surface area contributed by atoms with E-state index in [2.05, 4.69) is 16.9 Å². The number of nitriles is 1. The number of nitrogens with zero attached hydrogens (tertiary/aromatic N) is 3. The van der Waals surface area contributed by atoms with Gasteiger partial charge in [-0.2, -0.15) is 23.5 Å². The summed E-state index contributed by atoms with van der Waals surface area (Å²) >= 11 is 12.0. The minimum Gasteiger partial charge on any atom is -0.497 e. The van der Waals surface area contributed by atoms with Crippen LogP contribution >= 0.6 is 23.2 Å². The Bertz CT molecular complexity index is 1190. The number of aromatic nitrogens is 2. The van der Waals surface area contributed by atoms with E-state index in [1.165, 1.54) is 7.11 Å². The summed E-state index contributed by atoms with van der Waals surface area (Å²) in [4.78, 5) is 0. The molecule has 10 heteroatoms. The molecule has 0 amide bonds. The van der Waals surface area contributed by atoms with Crippen LogP contribution in [0.15, 0.2) is 36.4 Å². The third-order valence-corrected chi connectivity index (χ3v) is 4.58. The van der Waals surface area contributed by atoms with E-state index >= 15 is 0 Å². The van der Waals surface area contributed by atoms with Crippen LogP contribution in [0.3, 0.4) is 0 Å². The van der Waals surface area contributed by atoms with Crippen LogP contribution in [-0.2, 0) is 6.18 Å². The zero-order chi connectivity index (χ0) is 22.1. The number of hydrogen-bond donors (Lipinski definition) is 1. The molecular formula is C20H11Cl2F3N4O. The van der Waals surface area contributed by atoms with E-state index in [4.69, 9.17) is 33.7 Å². The zero-order valence-corrected chi connectivity index (χ0v) is 16.7. The Morgan fingerprint density at radius 1 is 1.10 bits per heavy atom. The van der Waals surface area contributed by atoms with Gasteiger partial charge in [-0.1, -0.05) is 35.0 Å². The van der Waals surface area contributed by atoms with E-state index in [1.807, 2.05) is 6.07 Å². The highest BCUT2D eigenvalue weighted by molar-refractivity contribution is 6.38. The number of methoxy groups -OCH3 is 1. The molecule has 0 aliphatic heterocycles. The number of rotatable bonds is 2. The van der Waals surface area contributed by atoms with Crippen LogP contribution in [0.2, 0.25) is 10.0 Å². The van der Waals surface area contributed by atoms with E-state index in [0.29, 0.717) is 23.4 Å². The molecule has 0 aliphatic rings. The maximum absolute atomic E-state index is 13.0. The first-order valence-electron chi connectivity index (χ1n) is 8.17. The average Bonchev–Trinajstić information content (AvgIpc) is 3.01. The SMILES string of the molecule is COc1ccc(C#Cc2c(C#N)nn(-c3c(Cl)cc(C(F)(F)F)cc3Cl)c2N)cc1. The lowest BCUT2D eigenvalue weighted by Gasteiger charge is -2.13. The summed E-state index contributed by atoms with van der Waals surface area (Å²) in [5.41, 5.74) is 5.56. The maximum atomic E-state index is 13.0. The second kappa shape index (κ2) is 8.19. The molecule has 2 aromatic carbocycles. The van der Waals surface area contributed by atoms with Crippen LogP contribution in [0.25, 0.3) is 5.69 Å². The van der Waals surface area contributed by atoms with E-state index in [9.17, 15) is 18.4 Å². The fourth-order valence-corrected chi connectivity index (χ4v) is 3.19. The number of benzene rings is 2. The number of ether oxygens (including phenoxy) is 1. The lowest BCUT2D eigenvalue weighted by Crippen LogP contribution is -2.08. The second-order valence-electron chi connectivity index (χ2n) is 5.90. The molecule has 152 valence electrons. The number of anilines is 1. The molecule has 3 rings (SSSR count). The van der Waals surface area contributed by atoms with E-state index in [1.54, 1.807) is 24.3 Å². The van der Waals surface area contributed by atoms with Gasteiger partial charge in [0.05, 0.1) is 22.7 Å². The largest absolute Gasteiger partial charge is 0.497 e. The third kappa shape index (κ3) is 4.16. The summed E-state index contributed by atoms with van der Waals surface area (Å²) in [5.74, 6) is 6.17. The zero-order valence-electron chi connectivity index (χ0n) is 15.2. The standard InChI is InChI=1S/C20H11Cl2F3N4O/c1-30-13-5-2-11(3-6-13)4-7-14-17(10-26)28-29(19(14)27)18-15(21)8-12(9-16(18)22)20(23,24)25/h2-3,5-6,8-9H,27H2,1H3. The topological polar surface area (TPSA) is 76.9 Å². The first-order chi connectivity index (χ1) is 14.2. The monoisotopic (exact) mass is 450 g/mol. The lowest BCUT2D eigenvalue weighted by molar-refractivity contribution is -0.137. The molecule has 3 aromatic rings. The van der Waals surface area contributed by atoms with Gasteiger partial charge < -0.3 is 10.5 Å². The number of alkyl halides is 3. The molecule has 0 spiro atoms. The molecule has 0 bridgehead atoms. The fraction of sp³-hybridized carbons (Fsp3) is 0.100. The Balaban J connectivity index is 2.09. The van der Waals surface area contributed by atoms with E-state index in [0.717, 1.165) is 4.68 Å². The molecule has 1 heterocycles. The van der Waals surface area contributed by atoms with Crippen LogP contribution in [0.1, 0.15) is 22.4 Å². The molecule has 2 N–H and O–H groups in total. The highest BCUT2D eigenvalue weighted by atomic mass is 35.5. The molecular weight excluding hydrogens is 440 g/mol. The molecule has 1 aromatic heterocycles. The van der Waals surface area contributed by atoms with Gasteiger partial charge in [0, 0.05) is 5.56 Å². The highest BCUT2D eigenvalue weighted by Gasteiger charge is 2.32. The van der Waals surface area contributed by atoms with Crippen molar-refractivity contribution in [2.75, 3.05) is 12.8 Å². The van der Waals surface area contributed by atoms with Crippen molar-refractivity contribution >= 4 is 29.0 Å². The summed E-state index contributed by atoms with van der Waals surface area (Å²) in [7, 11) is 1.53. The summed E-state index contributed by atoms with van der Waals surface area (Å²) in [6, 6.07) is 10.1. The molecule has 0 radical (unpaired) electrons. The number of nitrogens with two attached hydrogens (primary N) is 1. The summed E-state index contributed by atoms with van der Waals surface area (Å²) in [6.45, 7) is 0. The molecule has 0 atom stereocenters. The predicted molar refractivity (Wildman–Crippen MR) is 107 cm³/mol. The molecule has 0 unspecified atom stereocenters. The Kier molecular flexibility index (Phi) is 5.84. The van der Waals surface area contributed by atoms with Crippen LogP contribution in [-0.4, -0.2) is 16.9 Å². The Morgan fingerprint density at radius 2 is 1.70 bits per heavy atom. The van der Waals surface area contributed by atoms with Gasteiger partial charge in [0.15, 0.2) is 5.69 Å². The first kappa shape index (κ1) is 21.4. The minimum absolute atomic E-state index is 0.0853. The quantitative estimate of drug-likeness (QED) is 0.553. The number of hydrogen-bond acceptors (Lipinski definition) is 4. The van der Waals surface area contributed by atoms with Gasteiger partial charge in [-0.15, -0.1) is 0 Å². The van der Waals surface area contributed by atoms with Crippen LogP contribution in [0, 0.1) is 23.2 Å². The van der Waals surface area contributed by atoms with Crippen molar-refractivity contribution < 1.29 is 17.9 Å². The van der Waals surface area contributed by atoms with Gasteiger partial charge in [-0.25, -0.2) is 4.68 Å². The minimum atomic E-state index is -4.63. The van der Waals surface area contributed by atoms with Crippen molar-refractivity contribution in [3.63, 3.8) is 0 Å². The van der Waals surface area contributed by atoms with Crippen LogP contribution in [0.5, 0.6) is 5.75 Å². The fourth-order valence-electron chi connectivity index (χ4n) is 2.54. The molecule has 30 heavy (non-hydrogen) atoms. The smallest absolute Gasteiger partial charge is 0.416 e. The van der Waals surface area contributed by atoms with Crippen LogP contribution < -0.4 is 10.5 Å². The lowest BCUT2D eigenvalue weighted by atomic mass is 10.1. The number of halogens is 5. The van der Waals surface area contributed by atoms with Crippen molar-refractivity contribution in [2.24, 2.45) is 0 Å². The van der Waals surface area contributed by atoms with Crippen molar-refractivity contribution in [2.45, 2.75) is 6.18 Å². The average molecular weight is 451 g/mol. The summed E-state index contributed by atoms with van der Waals surface area (Å²) in [5, 5.41) is 12.7. The Morgan fingerprint density at radius 3 is 2.20 bits per heavy atom. The normalized spacial score (nSPS) is 10.8. The maximum Gasteiger partial charge on any atom is 0.416 e. The third-order valence-electron chi connectivity index (χ3n) is 4.00. The van der Waals surface area contributed by atoms with Gasteiger partial charge in [0.25, 0.3) is 0 Å². The number of nitrogen functional groups attached to an aromatic ring is 1. The van der Waals surface area contributed by atoms with Crippen molar-refractivity contribution in [3.8, 4) is 29.3 Å². The van der Waals surface area contributed by atoms with Crippen molar-refractivity contribution in [1.82, 2.24) is 9.78 Å². The van der Waals surface area contributed by atoms with Gasteiger partial charge in [-0.05, 0) is 36.4 Å². The van der Waals surface area contributed by atoms with Crippen molar-refractivity contribution in [1.29, 1.82) is 5.26 Å². The van der Waals surface area contributed by atoms with E-state index in [-0.39, 0.29) is 32.8 Å². The van der Waals surface area contributed by atoms with E-state index < -0.39 is 11.7 Å². The molecule has 0 saturated carbocycles. The highest BCUT2D eigenvalue weighted by Crippen LogP contribution is 2.38. The Hall–Kier alpha value is -3.33. The van der Waals surface area contributed by atoms with Crippen molar-refractivity contribution in [3.05, 3.63) is 68.8 Å². The molecule has 0 fully saturated rings. The molecule has 0 aliphatic carbocycles. The Labute approximate surface area is 179 Å². The first-order valence-corrected chi connectivity index (χ1v) is 8.92. The second-order valence-corrected chi connectivity index (χ2v) is 6.71.